The predicted molar refractivity (Wildman–Crippen MR) is 74.9 cm³/mol. The van der Waals surface area contributed by atoms with Crippen molar-refractivity contribution >= 4 is 0 Å². The van der Waals surface area contributed by atoms with E-state index in [1.165, 1.54) is 38.5 Å². The largest absolute Gasteiger partial charge is 0.271 e. The molecule has 1 aromatic heterocycles. The molecule has 18 heavy (non-hydrogen) atoms. The van der Waals surface area contributed by atoms with Gasteiger partial charge in [0.1, 0.15) is 0 Å². The van der Waals surface area contributed by atoms with Gasteiger partial charge in [-0.1, -0.05) is 38.2 Å². The van der Waals surface area contributed by atoms with Gasteiger partial charge < -0.3 is 0 Å². The van der Waals surface area contributed by atoms with Gasteiger partial charge in [0.25, 0.3) is 0 Å². The molecule has 3 heteroatoms. The van der Waals surface area contributed by atoms with Crippen LogP contribution >= 0.6 is 0 Å². The Morgan fingerprint density at radius 3 is 2.78 bits per heavy atom. The zero-order valence-electron chi connectivity index (χ0n) is 11.1. The first-order valence-electron chi connectivity index (χ1n) is 7.24. The van der Waals surface area contributed by atoms with E-state index in [2.05, 4.69) is 16.5 Å². The summed E-state index contributed by atoms with van der Waals surface area (Å²) in [6.07, 6.45) is 12.4. The van der Waals surface area contributed by atoms with Crippen molar-refractivity contribution in [2.45, 2.75) is 57.4 Å². The summed E-state index contributed by atoms with van der Waals surface area (Å²) in [5, 5.41) is 0. The number of nitrogens with two attached hydrogens (primary N) is 1. The summed E-state index contributed by atoms with van der Waals surface area (Å²) in [6.45, 7) is 0. The van der Waals surface area contributed by atoms with Crippen molar-refractivity contribution in [2.75, 3.05) is 0 Å². The lowest BCUT2D eigenvalue weighted by atomic mass is 9.85. The van der Waals surface area contributed by atoms with Crippen LogP contribution in [0.4, 0.5) is 0 Å². The van der Waals surface area contributed by atoms with Crippen molar-refractivity contribution in [3.63, 3.8) is 0 Å². The van der Waals surface area contributed by atoms with E-state index < -0.39 is 0 Å². The molecule has 0 bridgehead atoms. The highest BCUT2D eigenvalue weighted by Crippen LogP contribution is 2.27. The zero-order valence-corrected chi connectivity index (χ0v) is 11.1. The molecule has 2 rings (SSSR count). The summed E-state index contributed by atoms with van der Waals surface area (Å²) in [4.78, 5) is 4.37. The Labute approximate surface area is 110 Å². The van der Waals surface area contributed by atoms with E-state index in [0.717, 1.165) is 24.5 Å². The van der Waals surface area contributed by atoms with Crippen molar-refractivity contribution in [3.05, 3.63) is 30.1 Å². The normalized spacial score (nSPS) is 18.7. The lowest BCUT2D eigenvalue weighted by molar-refractivity contribution is 0.312. The molecule has 1 atom stereocenters. The molecule has 0 saturated heterocycles. The first kappa shape index (κ1) is 13.5. The molecule has 1 unspecified atom stereocenters. The highest BCUT2D eigenvalue weighted by Gasteiger charge is 2.16. The Bertz CT molecular complexity index is 320. The van der Waals surface area contributed by atoms with Crippen molar-refractivity contribution in [3.8, 4) is 0 Å². The third kappa shape index (κ3) is 4.39. The highest BCUT2D eigenvalue weighted by molar-refractivity contribution is 5.05. The van der Waals surface area contributed by atoms with Crippen LogP contribution in [0.3, 0.4) is 0 Å². The van der Waals surface area contributed by atoms with E-state index in [1.807, 2.05) is 18.3 Å². The van der Waals surface area contributed by atoms with Crippen molar-refractivity contribution < 1.29 is 0 Å². The molecule has 1 saturated carbocycles. The highest BCUT2D eigenvalue weighted by atomic mass is 15.2. The van der Waals surface area contributed by atoms with Gasteiger partial charge in [0.05, 0.1) is 0 Å². The molecular formula is C15H25N3. The number of nitrogens with one attached hydrogen (secondary N) is 1. The van der Waals surface area contributed by atoms with Gasteiger partial charge in [-0.3, -0.25) is 16.3 Å². The minimum atomic E-state index is 0.363. The van der Waals surface area contributed by atoms with E-state index in [-0.39, 0.29) is 0 Å². The topological polar surface area (TPSA) is 50.9 Å². The average Bonchev–Trinajstić information content (AvgIpc) is 2.45. The summed E-state index contributed by atoms with van der Waals surface area (Å²) in [5.41, 5.74) is 4.08. The van der Waals surface area contributed by atoms with Crippen LogP contribution in [0.15, 0.2) is 24.4 Å². The van der Waals surface area contributed by atoms with Crippen LogP contribution < -0.4 is 11.3 Å². The smallest absolute Gasteiger partial charge is 0.0419 e. The number of pyridine rings is 1. The maximum absolute atomic E-state index is 5.66. The number of rotatable bonds is 6. The van der Waals surface area contributed by atoms with Crippen LogP contribution in [0.2, 0.25) is 0 Å². The van der Waals surface area contributed by atoms with Crippen LogP contribution in [0, 0.1) is 5.92 Å². The SMILES string of the molecule is NNC(CCC1CCCCC1)Cc1ccccn1. The molecule has 1 aliphatic carbocycles. The lowest BCUT2D eigenvalue weighted by Gasteiger charge is -2.24. The van der Waals surface area contributed by atoms with Crippen molar-refractivity contribution in [2.24, 2.45) is 11.8 Å². The van der Waals surface area contributed by atoms with E-state index in [0.29, 0.717) is 6.04 Å². The number of hydrogen-bond acceptors (Lipinski definition) is 3. The second-order valence-corrected chi connectivity index (χ2v) is 5.47. The van der Waals surface area contributed by atoms with E-state index in [9.17, 15) is 0 Å². The third-order valence-corrected chi connectivity index (χ3v) is 4.07. The van der Waals surface area contributed by atoms with Crippen LogP contribution in [0.1, 0.15) is 50.6 Å². The molecule has 100 valence electrons. The summed E-state index contributed by atoms with van der Waals surface area (Å²) in [6, 6.07) is 6.43. The number of hydrogen-bond donors (Lipinski definition) is 2. The fraction of sp³-hybridized carbons (Fsp3) is 0.667. The van der Waals surface area contributed by atoms with Gasteiger partial charge in [-0.2, -0.15) is 0 Å². The molecule has 1 fully saturated rings. The standard InChI is InChI=1S/C15H25N3/c16-18-15(12-14-8-4-5-11-17-14)10-9-13-6-2-1-3-7-13/h4-5,8,11,13,15,18H,1-3,6-7,9-10,12,16H2. The first-order valence-corrected chi connectivity index (χ1v) is 7.24. The van der Waals surface area contributed by atoms with Crippen molar-refractivity contribution in [1.29, 1.82) is 0 Å². The second-order valence-electron chi connectivity index (χ2n) is 5.47. The maximum atomic E-state index is 5.66. The minimum Gasteiger partial charge on any atom is -0.271 e. The molecular weight excluding hydrogens is 222 g/mol. The van der Waals surface area contributed by atoms with Crippen LogP contribution in [-0.2, 0) is 6.42 Å². The quantitative estimate of drug-likeness (QED) is 0.600. The third-order valence-electron chi connectivity index (χ3n) is 4.07. The van der Waals surface area contributed by atoms with Crippen LogP contribution in [0.5, 0.6) is 0 Å². The molecule has 3 nitrogen and oxygen atoms in total. The summed E-state index contributed by atoms with van der Waals surface area (Å²) in [5.74, 6) is 6.59. The molecule has 3 N–H and O–H groups in total. The molecule has 0 spiro atoms. The number of aromatic nitrogens is 1. The average molecular weight is 247 g/mol. The molecule has 0 aromatic carbocycles. The second kappa shape index (κ2) is 7.49. The zero-order chi connectivity index (χ0) is 12.6. The van der Waals surface area contributed by atoms with E-state index in [4.69, 9.17) is 5.84 Å². The van der Waals surface area contributed by atoms with Gasteiger partial charge in [0.2, 0.25) is 0 Å². The number of nitrogens with zero attached hydrogens (tertiary/aromatic N) is 1. The van der Waals surface area contributed by atoms with Gasteiger partial charge in [0.15, 0.2) is 0 Å². The predicted octanol–water partition coefficient (Wildman–Crippen LogP) is 2.82. The summed E-state index contributed by atoms with van der Waals surface area (Å²) < 4.78 is 0. The fourth-order valence-corrected chi connectivity index (χ4v) is 2.93. The summed E-state index contributed by atoms with van der Waals surface area (Å²) >= 11 is 0. The molecule has 0 aliphatic heterocycles. The van der Waals surface area contributed by atoms with Gasteiger partial charge in [-0.25, -0.2) is 0 Å². The van der Waals surface area contributed by atoms with Crippen LogP contribution in [0.25, 0.3) is 0 Å². The van der Waals surface area contributed by atoms with Gasteiger partial charge in [0, 0.05) is 24.4 Å². The maximum Gasteiger partial charge on any atom is 0.0419 e. The molecule has 1 aliphatic rings. The Morgan fingerprint density at radius 1 is 1.28 bits per heavy atom. The monoisotopic (exact) mass is 247 g/mol. The Balaban J connectivity index is 1.75. The fourth-order valence-electron chi connectivity index (χ4n) is 2.93. The van der Waals surface area contributed by atoms with Gasteiger partial charge >= 0.3 is 0 Å². The minimum absolute atomic E-state index is 0.363. The first-order chi connectivity index (χ1) is 8.88. The molecule has 1 heterocycles. The van der Waals surface area contributed by atoms with Crippen LogP contribution in [-0.4, -0.2) is 11.0 Å². The van der Waals surface area contributed by atoms with E-state index >= 15 is 0 Å². The lowest BCUT2D eigenvalue weighted by Crippen LogP contribution is -2.37. The van der Waals surface area contributed by atoms with E-state index in [1.54, 1.807) is 0 Å². The summed E-state index contributed by atoms with van der Waals surface area (Å²) in [7, 11) is 0. The Kier molecular flexibility index (Phi) is 5.62. The number of hydrazine groups is 1. The molecule has 1 aromatic rings. The van der Waals surface area contributed by atoms with Crippen molar-refractivity contribution in [1.82, 2.24) is 10.4 Å². The molecule has 0 amide bonds. The Hall–Kier alpha value is -0.930. The molecule has 0 radical (unpaired) electrons. The Morgan fingerprint density at radius 2 is 2.11 bits per heavy atom. The van der Waals surface area contributed by atoms with Gasteiger partial charge in [-0.15, -0.1) is 0 Å². The van der Waals surface area contributed by atoms with Gasteiger partial charge in [-0.05, 0) is 30.9 Å².